The molecule has 0 saturated carbocycles. The van der Waals surface area contributed by atoms with Crippen LogP contribution in [-0.4, -0.2) is 20.9 Å². The van der Waals surface area contributed by atoms with Crippen molar-refractivity contribution in [2.75, 3.05) is 5.32 Å². The Bertz CT molecular complexity index is 889. The van der Waals surface area contributed by atoms with Gasteiger partial charge in [0.1, 0.15) is 5.69 Å². The van der Waals surface area contributed by atoms with Gasteiger partial charge in [-0.3, -0.25) is 30.3 Å². The topological polar surface area (TPSA) is 127 Å². The summed E-state index contributed by atoms with van der Waals surface area (Å²) in [6, 6.07) is 9.12. The van der Waals surface area contributed by atoms with E-state index in [2.05, 4.69) is 10.6 Å². The second-order valence-corrected chi connectivity index (χ2v) is 5.48. The van der Waals surface area contributed by atoms with Crippen LogP contribution in [0.1, 0.15) is 10.4 Å². The zero-order valence-electron chi connectivity index (χ0n) is 12.3. The molecule has 0 fully saturated rings. The summed E-state index contributed by atoms with van der Waals surface area (Å²) >= 11 is 10.7. The first-order valence-corrected chi connectivity index (χ1v) is 7.37. The Morgan fingerprint density at radius 2 is 1.80 bits per heavy atom. The van der Waals surface area contributed by atoms with Crippen molar-refractivity contribution in [3.05, 3.63) is 73.3 Å². The van der Waals surface area contributed by atoms with Gasteiger partial charge in [0, 0.05) is 16.7 Å². The summed E-state index contributed by atoms with van der Waals surface area (Å²) in [5.41, 5.74) is -0.832. The van der Waals surface area contributed by atoms with Crippen LogP contribution in [0.4, 0.5) is 17.1 Å². The predicted octanol–water partition coefficient (Wildman–Crippen LogP) is 3.28. The van der Waals surface area contributed by atoms with E-state index < -0.39 is 27.1 Å². The lowest BCUT2D eigenvalue weighted by atomic mass is 10.2. The molecule has 11 heteroatoms. The van der Waals surface area contributed by atoms with Crippen molar-refractivity contribution in [1.82, 2.24) is 5.32 Å². The van der Waals surface area contributed by atoms with Crippen molar-refractivity contribution < 1.29 is 14.6 Å². The third kappa shape index (κ3) is 4.68. The zero-order valence-corrected chi connectivity index (χ0v) is 13.8. The van der Waals surface area contributed by atoms with Gasteiger partial charge in [0.2, 0.25) is 0 Å². The van der Waals surface area contributed by atoms with Crippen LogP contribution >= 0.6 is 23.8 Å². The number of nitrogens with zero attached hydrogens (tertiary/aromatic N) is 2. The minimum atomic E-state index is -0.795. The lowest BCUT2D eigenvalue weighted by Crippen LogP contribution is -2.34. The quantitative estimate of drug-likeness (QED) is 0.473. The lowest BCUT2D eigenvalue weighted by molar-refractivity contribution is -0.393. The maximum atomic E-state index is 12.0. The molecule has 0 atom stereocenters. The molecule has 0 spiro atoms. The van der Waals surface area contributed by atoms with Gasteiger partial charge in [-0.1, -0.05) is 17.7 Å². The first kappa shape index (κ1) is 18.2. The van der Waals surface area contributed by atoms with Crippen LogP contribution in [0, 0.1) is 20.2 Å². The first-order valence-electron chi connectivity index (χ1n) is 6.58. The number of nitro groups is 2. The van der Waals surface area contributed by atoms with Crippen LogP contribution in [0.15, 0.2) is 42.5 Å². The van der Waals surface area contributed by atoms with Crippen molar-refractivity contribution in [3.8, 4) is 0 Å². The number of hydrogen-bond acceptors (Lipinski definition) is 6. The molecule has 0 bridgehead atoms. The van der Waals surface area contributed by atoms with Gasteiger partial charge in [0.05, 0.1) is 15.9 Å². The Labute approximate surface area is 150 Å². The molecule has 0 radical (unpaired) electrons. The molecule has 0 aliphatic heterocycles. The third-order valence-electron chi connectivity index (χ3n) is 2.95. The van der Waals surface area contributed by atoms with Crippen LogP contribution in [0.3, 0.4) is 0 Å². The average Bonchev–Trinajstić information content (AvgIpc) is 2.54. The molecule has 1 amide bonds. The van der Waals surface area contributed by atoms with E-state index in [9.17, 15) is 25.0 Å². The van der Waals surface area contributed by atoms with E-state index in [1.54, 1.807) is 12.1 Å². The highest BCUT2D eigenvalue weighted by atomic mass is 35.5. The minimum absolute atomic E-state index is 0.0907. The first-order chi connectivity index (χ1) is 11.8. The van der Waals surface area contributed by atoms with Crippen molar-refractivity contribution in [1.29, 1.82) is 0 Å². The molecule has 9 nitrogen and oxygen atoms in total. The zero-order chi connectivity index (χ0) is 18.6. The normalized spacial score (nSPS) is 9.96. The minimum Gasteiger partial charge on any atom is -0.327 e. The summed E-state index contributed by atoms with van der Waals surface area (Å²) < 4.78 is 0. The summed E-state index contributed by atoms with van der Waals surface area (Å²) in [6.07, 6.45) is 0. The highest BCUT2D eigenvalue weighted by Gasteiger charge is 2.20. The number of anilines is 1. The number of nitro benzene ring substituents is 2. The van der Waals surface area contributed by atoms with Gasteiger partial charge in [0.15, 0.2) is 5.11 Å². The number of carbonyl (C=O) groups is 1. The Morgan fingerprint density at radius 3 is 2.40 bits per heavy atom. The number of nitrogens with one attached hydrogen (secondary N) is 2. The second kappa shape index (κ2) is 7.64. The van der Waals surface area contributed by atoms with E-state index in [-0.39, 0.29) is 16.4 Å². The van der Waals surface area contributed by atoms with Gasteiger partial charge in [-0.15, -0.1) is 0 Å². The van der Waals surface area contributed by atoms with Gasteiger partial charge in [-0.25, -0.2) is 0 Å². The highest BCUT2D eigenvalue weighted by molar-refractivity contribution is 7.80. The fourth-order valence-corrected chi connectivity index (χ4v) is 2.24. The predicted molar refractivity (Wildman–Crippen MR) is 94.9 cm³/mol. The van der Waals surface area contributed by atoms with Crippen LogP contribution < -0.4 is 10.6 Å². The maximum absolute atomic E-state index is 12.0. The van der Waals surface area contributed by atoms with Gasteiger partial charge in [0.25, 0.3) is 17.3 Å². The molecule has 128 valence electrons. The Morgan fingerprint density at radius 1 is 1.08 bits per heavy atom. The van der Waals surface area contributed by atoms with Crippen molar-refractivity contribution in [2.24, 2.45) is 0 Å². The van der Waals surface area contributed by atoms with E-state index >= 15 is 0 Å². The fourth-order valence-electron chi connectivity index (χ4n) is 1.85. The van der Waals surface area contributed by atoms with Crippen molar-refractivity contribution >= 4 is 51.9 Å². The van der Waals surface area contributed by atoms with E-state index in [1.807, 2.05) is 0 Å². The van der Waals surface area contributed by atoms with Gasteiger partial charge < -0.3 is 5.32 Å². The number of rotatable bonds is 4. The van der Waals surface area contributed by atoms with E-state index in [0.29, 0.717) is 5.02 Å². The molecule has 0 heterocycles. The Kier molecular flexibility index (Phi) is 5.57. The van der Waals surface area contributed by atoms with Crippen LogP contribution in [0.5, 0.6) is 0 Å². The summed E-state index contributed by atoms with van der Waals surface area (Å²) in [5.74, 6) is -0.565. The van der Waals surface area contributed by atoms with E-state index in [4.69, 9.17) is 23.8 Å². The van der Waals surface area contributed by atoms with Crippen LogP contribution in [-0.2, 0) is 0 Å². The Balaban J connectivity index is 2.16. The average molecular weight is 381 g/mol. The highest BCUT2D eigenvalue weighted by Crippen LogP contribution is 2.28. The lowest BCUT2D eigenvalue weighted by Gasteiger charge is -2.10. The summed E-state index contributed by atoms with van der Waals surface area (Å²) in [5, 5.41) is 26.7. The molecule has 0 aliphatic carbocycles. The Hall–Kier alpha value is -3.11. The molecule has 0 unspecified atom stereocenters. The van der Waals surface area contributed by atoms with Gasteiger partial charge in [-0.05, 0) is 36.5 Å². The van der Waals surface area contributed by atoms with E-state index in [1.165, 1.54) is 12.1 Å². The van der Waals surface area contributed by atoms with Crippen molar-refractivity contribution in [2.45, 2.75) is 0 Å². The van der Waals surface area contributed by atoms with E-state index in [0.717, 1.165) is 18.2 Å². The maximum Gasteiger partial charge on any atom is 0.299 e. The summed E-state index contributed by atoms with van der Waals surface area (Å²) in [7, 11) is 0. The monoisotopic (exact) mass is 380 g/mol. The molecule has 25 heavy (non-hydrogen) atoms. The van der Waals surface area contributed by atoms with Crippen molar-refractivity contribution in [3.63, 3.8) is 0 Å². The number of hydrogen-bond donors (Lipinski definition) is 2. The van der Waals surface area contributed by atoms with Gasteiger partial charge in [-0.2, -0.15) is 0 Å². The standard InChI is InChI=1S/C14H9ClN4O5S/c15-9-3-1-2-8(6-9)13(20)17-14(25)16-11-5-4-10(18(21)22)7-12(11)19(23)24/h1-7H,(H2,16,17,20,25). The molecular weight excluding hydrogens is 372 g/mol. The fraction of sp³-hybridized carbons (Fsp3) is 0. The SMILES string of the molecule is O=C(NC(=S)Nc1ccc([N+](=O)[O-])cc1[N+](=O)[O-])c1cccc(Cl)c1. The second-order valence-electron chi connectivity index (χ2n) is 4.63. The molecular formula is C14H9ClN4O5S. The molecule has 0 aliphatic rings. The molecule has 0 saturated heterocycles. The molecule has 2 aromatic carbocycles. The molecule has 2 rings (SSSR count). The number of thiocarbonyl (C=S) groups is 1. The molecule has 0 aromatic heterocycles. The largest absolute Gasteiger partial charge is 0.327 e. The molecule has 2 aromatic rings. The van der Waals surface area contributed by atoms with Crippen LogP contribution in [0.2, 0.25) is 5.02 Å². The smallest absolute Gasteiger partial charge is 0.299 e. The molecule has 2 N–H and O–H groups in total. The summed E-state index contributed by atoms with van der Waals surface area (Å²) in [4.78, 5) is 32.3. The summed E-state index contributed by atoms with van der Waals surface area (Å²) in [6.45, 7) is 0. The van der Waals surface area contributed by atoms with Crippen LogP contribution in [0.25, 0.3) is 0 Å². The van der Waals surface area contributed by atoms with Gasteiger partial charge >= 0.3 is 0 Å². The number of benzene rings is 2. The third-order valence-corrected chi connectivity index (χ3v) is 3.39. The number of carbonyl (C=O) groups excluding carboxylic acids is 1. The number of amides is 1. The number of non-ortho nitro benzene ring substituents is 1. The number of halogens is 1.